The zero-order chi connectivity index (χ0) is 23.4. The highest BCUT2D eigenvalue weighted by Gasteiger charge is 2.27. The lowest BCUT2D eigenvalue weighted by atomic mass is 10.1. The van der Waals surface area contributed by atoms with Crippen molar-refractivity contribution >= 4 is 38.4 Å². The summed E-state index contributed by atoms with van der Waals surface area (Å²) < 4.78 is 28.8. The van der Waals surface area contributed by atoms with Gasteiger partial charge in [0.2, 0.25) is 21.5 Å². The van der Waals surface area contributed by atoms with E-state index >= 15 is 0 Å². The first kappa shape index (κ1) is 22.7. The molecule has 0 saturated heterocycles. The van der Waals surface area contributed by atoms with Crippen molar-refractivity contribution in [3.8, 4) is 0 Å². The van der Waals surface area contributed by atoms with Crippen molar-refractivity contribution in [2.24, 2.45) is 0 Å². The second-order valence-corrected chi connectivity index (χ2v) is 9.53. The number of pyridine rings is 1. The first-order valence-electron chi connectivity index (χ1n) is 10.0. The predicted molar refractivity (Wildman–Crippen MR) is 127 cm³/mol. The van der Waals surface area contributed by atoms with Crippen molar-refractivity contribution in [3.63, 3.8) is 0 Å². The van der Waals surface area contributed by atoms with Gasteiger partial charge in [-0.05, 0) is 52.9 Å². The Bertz CT molecular complexity index is 1450. The highest BCUT2D eigenvalue weighted by molar-refractivity contribution is 7.89. The van der Waals surface area contributed by atoms with Gasteiger partial charge in [0.1, 0.15) is 6.04 Å². The molecule has 0 aliphatic heterocycles. The third-order valence-electron chi connectivity index (χ3n) is 5.05. The number of halogens is 1. The van der Waals surface area contributed by atoms with E-state index in [1.807, 2.05) is 0 Å². The van der Waals surface area contributed by atoms with E-state index in [2.05, 4.69) is 15.0 Å². The summed E-state index contributed by atoms with van der Waals surface area (Å²) >= 11 is 5.90. The average molecular weight is 482 g/mol. The lowest BCUT2D eigenvalue weighted by molar-refractivity contribution is -0.123. The summed E-state index contributed by atoms with van der Waals surface area (Å²) in [4.78, 5) is 27.2. The predicted octanol–water partition coefficient (Wildman–Crippen LogP) is 3.52. The van der Waals surface area contributed by atoms with Crippen molar-refractivity contribution in [1.82, 2.24) is 15.0 Å². The first-order valence-corrected chi connectivity index (χ1v) is 11.9. The molecule has 33 heavy (non-hydrogen) atoms. The molecule has 0 bridgehead atoms. The minimum Gasteiger partial charge on any atom is -0.350 e. The normalized spacial score (nSPS) is 12.4. The molecule has 4 rings (SSSR count). The van der Waals surface area contributed by atoms with Gasteiger partial charge in [0, 0.05) is 23.2 Å². The van der Waals surface area contributed by atoms with Crippen LogP contribution in [-0.2, 0) is 21.4 Å². The number of carbonyl (C=O) groups is 1. The molecule has 168 valence electrons. The van der Waals surface area contributed by atoms with E-state index in [-0.39, 0.29) is 17.0 Å². The zero-order valence-corrected chi connectivity index (χ0v) is 18.9. The van der Waals surface area contributed by atoms with Crippen LogP contribution in [0.1, 0.15) is 17.2 Å². The Morgan fingerprint density at radius 1 is 0.939 bits per heavy atom. The molecular weight excluding hydrogens is 462 g/mol. The van der Waals surface area contributed by atoms with Gasteiger partial charge in [-0.15, -0.1) is 0 Å². The second kappa shape index (κ2) is 9.58. The number of hydrogen-bond acceptors (Lipinski definition) is 4. The monoisotopic (exact) mass is 481 g/mol. The number of fused-ring (bicyclic) bond motifs is 1. The maximum Gasteiger partial charge on any atom is 0.248 e. The first-order chi connectivity index (χ1) is 15.8. The number of amides is 1. The van der Waals surface area contributed by atoms with Gasteiger partial charge in [-0.3, -0.25) is 9.59 Å². The van der Waals surface area contributed by atoms with Crippen LogP contribution in [0.3, 0.4) is 0 Å². The molecule has 0 fully saturated rings. The maximum absolute atomic E-state index is 13.2. The van der Waals surface area contributed by atoms with E-state index < -0.39 is 22.0 Å². The molecule has 3 N–H and O–H groups in total. The third-order valence-corrected chi connectivity index (χ3v) is 6.73. The van der Waals surface area contributed by atoms with Crippen LogP contribution in [0.2, 0.25) is 5.02 Å². The van der Waals surface area contributed by atoms with Gasteiger partial charge in [0.15, 0.2) is 0 Å². The Balaban J connectivity index is 1.60. The Hall–Kier alpha value is -3.46. The molecule has 3 aromatic carbocycles. The summed E-state index contributed by atoms with van der Waals surface area (Å²) in [5.74, 6) is -0.496. The van der Waals surface area contributed by atoms with E-state index in [0.29, 0.717) is 21.5 Å². The minimum atomic E-state index is -4.06. The SMILES string of the molecule is O=C(NCc1ccc(Cl)cc1)C(NS(=O)(=O)c1ccc2[nH]c(=O)ccc2c1)c1ccccc1. The highest BCUT2D eigenvalue weighted by atomic mass is 35.5. The molecule has 0 aliphatic carbocycles. The van der Waals surface area contributed by atoms with Crippen molar-refractivity contribution in [1.29, 1.82) is 0 Å². The van der Waals surface area contributed by atoms with Gasteiger partial charge in [0.25, 0.3) is 0 Å². The van der Waals surface area contributed by atoms with Crippen LogP contribution in [0, 0.1) is 0 Å². The Morgan fingerprint density at radius 3 is 2.39 bits per heavy atom. The molecule has 0 spiro atoms. The van der Waals surface area contributed by atoms with E-state index in [0.717, 1.165) is 5.56 Å². The second-order valence-electron chi connectivity index (χ2n) is 7.38. The smallest absolute Gasteiger partial charge is 0.248 e. The fourth-order valence-corrected chi connectivity index (χ4v) is 4.68. The number of aromatic nitrogens is 1. The maximum atomic E-state index is 13.2. The van der Waals surface area contributed by atoms with E-state index in [4.69, 9.17) is 11.6 Å². The lowest BCUT2D eigenvalue weighted by Crippen LogP contribution is -2.40. The van der Waals surface area contributed by atoms with Gasteiger partial charge >= 0.3 is 0 Å². The lowest BCUT2D eigenvalue weighted by Gasteiger charge is -2.19. The molecule has 1 aromatic heterocycles. The summed E-state index contributed by atoms with van der Waals surface area (Å²) in [5, 5.41) is 3.92. The van der Waals surface area contributed by atoms with Crippen molar-refractivity contribution in [2.45, 2.75) is 17.5 Å². The third kappa shape index (κ3) is 5.48. The van der Waals surface area contributed by atoms with Gasteiger partial charge in [-0.2, -0.15) is 4.72 Å². The number of sulfonamides is 1. The Labute approximate surface area is 195 Å². The summed E-state index contributed by atoms with van der Waals surface area (Å²) in [6.07, 6.45) is 0. The number of nitrogens with one attached hydrogen (secondary N) is 3. The van der Waals surface area contributed by atoms with E-state index in [1.165, 1.54) is 24.3 Å². The molecule has 4 aromatic rings. The largest absolute Gasteiger partial charge is 0.350 e. The van der Waals surface area contributed by atoms with Crippen LogP contribution < -0.4 is 15.6 Å². The topological polar surface area (TPSA) is 108 Å². The molecule has 1 amide bonds. The van der Waals surface area contributed by atoms with Crippen LogP contribution in [0.5, 0.6) is 0 Å². The molecule has 1 atom stereocenters. The molecule has 0 saturated carbocycles. The number of carbonyl (C=O) groups excluding carboxylic acids is 1. The Kier molecular flexibility index (Phi) is 6.60. The fourth-order valence-electron chi connectivity index (χ4n) is 3.33. The van der Waals surface area contributed by atoms with Crippen molar-refractivity contribution in [3.05, 3.63) is 111 Å². The van der Waals surface area contributed by atoms with E-state index in [9.17, 15) is 18.0 Å². The molecular formula is C24H20ClN3O4S. The summed E-state index contributed by atoms with van der Waals surface area (Å²) in [6, 6.07) is 21.7. The van der Waals surface area contributed by atoms with Crippen LogP contribution in [0.15, 0.2) is 94.6 Å². The van der Waals surface area contributed by atoms with Gasteiger partial charge in [0.05, 0.1) is 4.90 Å². The molecule has 1 unspecified atom stereocenters. The molecule has 0 aliphatic rings. The zero-order valence-electron chi connectivity index (χ0n) is 17.3. The van der Waals surface area contributed by atoms with Gasteiger partial charge < -0.3 is 10.3 Å². The Morgan fingerprint density at radius 2 is 1.67 bits per heavy atom. The number of H-pyrrole nitrogens is 1. The summed E-state index contributed by atoms with van der Waals surface area (Å²) in [5.41, 5.74) is 1.56. The van der Waals surface area contributed by atoms with Crippen molar-refractivity contribution < 1.29 is 13.2 Å². The van der Waals surface area contributed by atoms with Crippen LogP contribution >= 0.6 is 11.6 Å². The average Bonchev–Trinajstić information content (AvgIpc) is 2.82. The van der Waals surface area contributed by atoms with Crippen molar-refractivity contribution in [2.75, 3.05) is 0 Å². The quantitative estimate of drug-likeness (QED) is 0.375. The minimum absolute atomic E-state index is 0.0199. The number of benzene rings is 3. The standard InChI is InChI=1S/C24H20ClN3O4S/c25-19-9-6-16(7-10-19)15-26-24(30)23(17-4-2-1-3-5-17)28-33(31,32)20-11-12-21-18(14-20)8-13-22(29)27-21/h1-14,23,28H,15H2,(H,26,30)(H,27,29). The molecule has 9 heteroatoms. The van der Waals surface area contributed by atoms with E-state index in [1.54, 1.807) is 60.7 Å². The molecule has 1 heterocycles. The summed E-state index contributed by atoms with van der Waals surface area (Å²) in [6.45, 7) is 0.213. The molecule has 7 nitrogen and oxygen atoms in total. The highest BCUT2D eigenvalue weighted by Crippen LogP contribution is 2.21. The summed E-state index contributed by atoms with van der Waals surface area (Å²) in [7, 11) is -4.06. The number of aromatic amines is 1. The van der Waals surface area contributed by atoms with Crippen LogP contribution in [0.4, 0.5) is 0 Å². The molecule has 0 radical (unpaired) electrons. The van der Waals surface area contributed by atoms with Gasteiger partial charge in [-0.1, -0.05) is 54.1 Å². The van der Waals surface area contributed by atoms with Crippen LogP contribution in [0.25, 0.3) is 10.9 Å². The number of rotatable bonds is 7. The fraction of sp³-hybridized carbons (Fsp3) is 0.0833. The number of hydrogen-bond donors (Lipinski definition) is 3. The van der Waals surface area contributed by atoms with Crippen LogP contribution in [-0.4, -0.2) is 19.3 Å². The van der Waals surface area contributed by atoms with Gasteiger partial charge in [-0.25, -0.2) is 8.42 Å².